The molecule has 0 spiro atoms. The highest BCUT2D eigenvalue weighted by Gasteiger charge is 2.28. The van der Waals surface area contributed by atoms with E-state index in [2.05, 4.69) is 11.8 Å². The average Bonchev–Trinajstić information content (AvgIpc) is 2.55. The van der Waals surface area contributed by atoms with Crippen molar-refractivity contribution in [1.29, 1.82) is 0 Å². The second-order valence-electron chi connectivity index (χ2n) is 5.80. The first-order chi connectivity index (χ1) is 11.6. The Kier molecular flexibility index (Phi) is 6.84. The molecule has 6 nitrogen and oxygen atoms in total. The van der Waals surface area contributed by atoms with Crippen LogP contribution < -0.4 is 4.31 Å². The summed E-state index contributed by atoms with van der Waals surface area (Å²) in [5, 5.41) is 0.494. The molecule has 1 aliphatic rings. The molecule has 0 atom stereocenters. The van der Waals surface area contributed by atoms with Crippen LogP contribution in [0.2, 0.25) is 15.1 Å². The van der Waals surface area contributed by atoms with Crippen LogP contribution in [0.15, 0.2) is 12.1 Å². The number of halogens is 3. The van der Waals surface area contributed by atoms with Crippen molar-refractivity contribution in [2.45, 2.75) is 6.92 Å². The maximum Gasteiger partial charge on any atom is 0.243 e. The van der Waals surface area contributed by atoms with Crippen LogP contribution in [-0.4, -0.2) is 69.6 Å². The van der Waals surface area contributed by atoms with E-state index in [9.17, 15) is 13.2 Å². The van der Waals surface area contributed by atoms with Crippen LogP contribution in [-0.2, 0) is 14.8 Å². The molecule has 1 fully saturated rings. The van der Waals surface area contributed by atoms with Crippen molar-refractivity contribution >= 4 is 56.4 Å². The number of hydrogen-bond acceptors (Lipinski definition) is 4. The Morgan fingerprint density at radius 2 is 1.64 bits per heavy atom. The molecule has 0 N–H and O–H groups in total. The van der Waals surface area contributed by atoms with Gasteiger partial charge < -0.3 is 9.80 Å². The number of nitrogens with zero attached hydrogens (tertiary/aromatic N) is 3. The number of likely N-dealkylation sites (N-methyl/N-ethyl adjacent to an activating group) is 1. The van der Waals surface area contributed by atoms with Gasteiger partial charge in [-0.3, -0.25) is 9.10 Å². The Balaban J connectivity index is 2.23. The van der Waals surface area contributed by atoms with Gasteiger partial charge in [0.15, 0.2) is 0 Å². The molecule has 0 aromatic heterocycles. The fraction of sp³-hybridized carbons (Fsp3) is 0.533. The van der Waals surface area contributed by atoms with Crippen molar-refractivity contribution in [1.82, 2.24) is 9.80 Å². The van der Waals surface area contributed by atoms with E-state index in [1.165, 1.54) is 12.1 Å². The van der Waals surface area contributed by atoms with E-state index in [0.29, 0.717) is 13.1 Å². The summed E-state index contributed by atoms with van der Waals surface area (Å²) in [4.78, 5) is 16.5. The zero-order valence-electron chi connectivity index (χ0n) is 14.0. The van der Waals surface area contributed by atoms with Gasteiger partial charge in [0.05, 0.1) is 27.0 Å². The summed E-state index contributed by atoms with van der Waals surface area (Å²) in [6.07, 6.45) is 1.02. The zero-order valence-corrected chi connectivity index (χ0v) is 17.1. The Hall–Kier alpha value is -0.730. The molecule has 140 valence electrons. The summed E-state index contributed by atoms with van der Waals surface area (Å²) in [5.41, 5.74) is 0.138. The third kappa shape index (κ3) is 5.14. The number of carbonyl (C=O) groups excluding carboxylic acids is 1. The molecule has 1 aromatic carbocycles. The number of carbonyl (C=O) groups is 1. The predicted octanol–water partition coefficient (Wildman–Crippen LogP) is 2.58. The lowest BCUT2D eigenvalue weighted by Crippen LogP contribution is -2.51. The van der Waals surface area contributed by atoms with Crippen LogP contribution >= 0.6 is 34.8 Å². The molecule has 0 aliphatic carbocycles. The van der Waals surface area contributed by atoms with E-state index in [4.69, 9.17) is 34.8 Å². The van der Waals surface area contributed by atoms with Crippen LogP contribution in [0.1, 0.15) is 6.92 Å². The summed E-state index contributed by atoms with van der Waals surface area (Å²) in [6, 6.07) is 2.72. The number of benzene rings is 1. The van der Waals surface area contributed by atoms with Gasteiger partial charge in [-0.15, -0.1) is 0 Å². The number of hydrogen-bond donors (Lipinski definition) is 0. The van der Waals surface area contributed by atoms with Gasteiger partial charge in [0.2, 0.25) is 15.9 Å². The number of anilines is 1. The maximum atomic E-state index is 12.6. The number of amides is 1. The molecule has 1 saturated heterocycles. The van der Waals surface area contributed by atoms with E-state index in [-0.39, 0.29) is 33.2 Å². The van der Waals surface area contributed by atoms with Crippen molar-refractivity contribution in [2.75, 3.05) is 49.8 Å². The minimum absolute atomic E-state index is 0.114. The van der Waals surface area contributed by atoms with Gasteiger partial charge in [-0.2, -0.15) is 0 Å². The van der Waals surface area contributed by atoms with Gasteiger partial charge in [-0.05, 0) is 18.7 Å². The van der Waals surface area contributed by atoms with Gasteiger partial charge >= 0.3 is 0 Å². The van der Waals surface area contributed by atoms with Gasteiger partial charge in [0.1, 0.15) is 6.54 Å². The predicted molar refractivity (Wildman–Crippen MR) is 102 cm³/mol. The molecule has 0 unspecified atom stereocenters. The van der Waals surface area contributed by atoms with Gasteiger partial charge in [-0.25, -0.2) is 8.42 Å². The molecule has 1 amide bonds. The van der Waals surface area contributed by atoms with E-state index in [1.807, 2.05) is 0 Å². The number of rotatable bonds is 5. The lowest BCUT2D eigenvalue weighted by atomic mass is 10.3. The van der Waals surface area contributed by atoms with E-state index >= 15 is 0 Å². The summed E-state index contributed by atoms with van der Waals surface area (Å²) in [7, 11) is -3.73. The number of piperazine rings is 1. The molecule has 0 bridgehead atoms. The smallest absolute Gasteiger partial charge is 0.243 e. The fourth-order valence-corrected chi connectivity index (χ4v) is 4.17. The first-order valence-electron chi connectivity index (χ1n) is 7.76. The first kappa shape index (κ1) is 20.6. The quantitative estimate of drug-likeness (QED) is 0.676. The highest BCUT2D eigenvalue weighted by Crippen LogP contribution is 2.35. The van der Waals surface area contributed by atoms with E-state index < -0.39 is 10.0 Å². The van der Waals surface area contributed by atoms with Crippen molar-refractivity contribution < 1.29 is 13.2 Å². The van der Waals surface area contributed by atoms with Crippen molar-refractivity contribution in [3.8, 4) is 0 Å². The molecular weight excluding hydrogens is 409 g/mol. The van der Waals surface area contributed by atoms with Crippen molar-refractivity contribution in [3.05, 3.63) is 27.2 Å². The monoisotopic (exact) mass is 427 g/mol. The third-order valence-electron chi connectivity index (χ3n) is 4.11. The first-order valence-corrected chi connectivity index (χ1v) is 10.7. The number of sulfonamides is 1. The third-order valence-corrected chi connectivity index (χ3v) is 6.26. The molecule has 1 aromatic rings. The second kappa shape index (κ2) is 8.31. The van der Waals surface area contributed by atoms with Crippen molar-refractivity contribution in [2.24, 2.45) is 0 Å². The van der Waals surface area contributed by atoms with Crippen LogP contribution in [0, 0.1) is 0 Å². The molecule has 1 aliphatic heterocycles. The summed E-state index contributed by atoms with van der Waals surface area (Å²) in [5.74, 6) is -0.275. The molecule has 0 saturated carbocycles. The Labute approximate surface area is 163 Å². The normalized spacial score (nSPS) is 16.1. The standard InChI is InChI=1S/C15H20Cl3N3O3S/c1-3-19-4-6-20(7-5-19)15(22)10-21(25(2,23)24)14-9-12(17)11(16)8-13(14)18/h8-9H,3-7,10H2,1-2H3. The van der Waals surface area contributed by atoms with Crippen molar-refractivity contribution in [3.63, 3.8) is 0 Å². The maximum absolute atomic E-state index is 12.6. The van der Waals surface area contributed by atoms with Gasteiger partial charge in [0.25, 0.3) is 0 Å². The van der Waals surface area contributed by atoms with Crippen LogP contribution in [0.4, 0.5) is 5.69 Å². The lowest BCUT2D eigenvalue weighted by Gasteiger charge is -2.35. The highest BCUT2D eigenvalue weighted by molar-refractivity contribution is 7.92. The highest BCUT2D eigenvalue weighted by atomic mass is 35.5. The van der Waals surface area contributed by atoms with Gasteiger partial charge in [-0.1, -0.05) is 41.7 Å². The van der Waals surface area contributed by atoms with Crippen LogP contribution in [0.3, 0.4) is 0 Å². The van der Waals surface area contributed by atoms with Gasteiger partial charge in [0, 0.05) is 26.2 Å². The zero-order chi connectivity index (χ0) is 18.8. The average molecular weight is 429 g/mol. The Morgan fingerprint density at radius 1 is 1.08 bits per heavy atom. The lowest BCUT2D eigenvalue weighted by molar-refractivity contribution is -0.131. The molecule has 10 heteroatoms. The summed E-state index contributed by atoms with van der Waals surface area (Å²) in [6.45, 7) is 5.34. The van der Waals surface area contributed by atoms with Crippen LogP contribution in [0.5, 0.6) is 0 Å². The molecule has 25 heavy (non-hydrogen) atoms. The second-order valence-corrected chi connectivity index (χ2v) is 8.93. The van der Waals surface area contributed by atoms with Crippen LogP contribution in [0.25, 0.3) is 0 Å². The van der Waals surface area contributed by atoms with E-state index in [0.717, 1.165) is 30.2 Å². The van der Waals surface area contributed by atoms with E-state index in [1.54, 1.807) is 4.90 Å². The summed E-state index contributed by atoms with van der Waals surface area (Å²) < 4.78 is 25.4. The molecular formula is C15H20Cl3N3O3S. The topological polar surface area (TPSA) is 60.9 Å². The fourth-order valence-electron chi connectivity index (χ4n) is 2.62. The SMILES string of the molecule is CCN1CCN(C(=O)CN(c2cc(Cl)c(Cl)cc2Cl)S(C)(=O)=O)CC1. The Morgan fingerprint density at radius 3 is 2.16 bits per heavy atom. The summed E-state index contributed by atoms with van der Waals surface area (Å²) >= 11 is 18.0. The largest absolute Gasteiger partial charge is 0.339 e. The minimum atomic E-state index is -3.73. The Bertz CT molecular complexity index is 750. The molecule has 0 radical (unpaired) electrons. The minimum Gasteiger partial charge on any atom is -0.339 e. The molecule has 1 heterocycles. The molecule has 2 rings (SSSR count).